The minimum atomic E-state index is -1.54. The summed E-state index contributed by atoms with van der Waals surface area (Å²) in [5.41, 5.74) is 10.6. The lowest BCUT2D eigenvalue weighted by Gasteiger charge is -2.30. The molecule has 0 aliphatic heterocycles. The first-order valence-electron chi connectivity index (χ1n) is 13.0. The highest BCUT2D eigenvalue weighted by molar-refractivity contribution is 7.81. The molecule has 254 valence electrons. The SMILES string of the molecule is CC(=O)N[C@H](C(=O)N[C@@H](CCCN=C(N)N)C(=O)NCC(=O)N[C@@H](CC=O)C(=O)N[C@@H](C=S)C(=O)OO)C(C)(C)S.CC(=O)O. The van der Waals surface area contributed by atoms with Gasteiger partial charge < -0.3 is 48.0 Å². The smallest absolute Gasteiger partial charge is 0.368 e. The van der Waals surface area contributed by atoms with Gasteiger partial charge in [-0.15, -0.1) is 0 Å². The van der Waals surface area contributed by atoms with E-state index in [0.717, 1.165) is 12.3 Å². The first-order valence-corrected chi connectivity index (χ1v) is 13.9. The number of aliphatic carboxylic acids is 1. The molecule has 0 aliphatic rings. The van der Waals surface area contributed by atoms with Crippen molar-refractivity contribution in [1.29, 1.82) is 0 Å². The number of thiocarbonyl (C=S) groups is 1. The molecule has 0 heterocycles. The van der Waals surface area contributed by atoms with Crippen LogP contribution in [0.5, 0.6) is 0 Å². The molecular weight excluding hydrogens is 640 g/mol. The number of carbonyl (C=O) groups excluding carboxylic acids is 7. The Morgan fingerprint density at radius 2 is 1.56 bits per heavy atom. The van der Waals surface area contributed by atoms with Gasteiger partial charge in [0.2, 0.25) is 29.5 Å². The highest BCUT2D eigenvalue weighted by Gasteiger charge is 2.35. The zero-order chi connectivity index (χ0) is 35.3. The van der Waals surface area contributed by atoms with Crippen molar-refractivity contribution in [2.75, 3.05) is 13.1 Å². The first kappa shape index (κ1) is 42.8. The topological polar surface area (TPSA) is 311 Å². The number of amides is 5. The second-order valence-corrected chi connectivity index (χ2v) is 11.0. The van der Waals surface area contributed by atoms with Crippen molar-refractivity contribution in [1.82, 2.24) is 26.6 Å². The summed E-state index contributed by atoms with van der Waals surface area (Å²) in [4.78, 5) is 101. The molecule has 0 unspecified atom stereocenters. The van der Waals surface area contributed by atoms with E-state index in [1.807, 2.05) is 0 Å². The summed E-state index contributed by atoms with van der Waals surface area (Å²) in [5, 5.41) is 28.3. The lowest BCUT2D eigenvalue weighted by atomic mass is 10.0. The number of nitrogens with zero attached hydrogens (tertiary/aromatic N) is 1. The van der Waals surface area contributed by atoms with Crippen LogP contribution in [-0.4, -0.2) is 111 Å². The molecular formula is C24H40N8O11S2. The van der Waals surface area contributed by atoms with Gasteiger partial charge in [0, 0.05) is 36.9 Å². The van der Waals surface area contributed by atoms with E-state index >= 15 is 0 Å². The second-order valence-electron chi connectivity index (χ2n) is 9.59. The van der Waals surface area contributed by atoms with Gasteiger partial charge in [-0.1, -0.05) is 12.2 Å². The predicted octanol–water partition coefficient (Wildman–Crippen LogP) is -3.48. The Bertz CT molecular complexity index is 1110. The summed E-state index contributed by atoms with van der Waals surface area (Å²) in [6, 6.07) is -5.33. The minimum absolute atomic E-state index is 0.0336. The Morgan fingerprint density at radius 1 is 0.978 bits per heavy atom. The largest absolute Gasteiger partial charge is 0.481 e. The molecule has 4 atom stereocenters. The maximum atomic E-state index is 13.0. The molecule has 0 bridgehead atoms. The van der Waals surface area contributed by atoms with Crippen LogP contribution in [0, 0.1) is 0 Å². The van der Waals surface area contributed by atoms with Crippen LogP contribution in [0.3, 0.4) is 0 Å². The van der Waals surface area contributed by atoms with Crippen LogP contribution in [0.1, 0.15) is 47.0 Å². The Hall–Kier alpha value is -4.37. The van der Waals surface area contributed by atoms with Crippen molar-refractivity contribution in [3.8, 4) is 0 Å². The van der Waals surface area contributed by atoms with Gasteiger partial charge in [-0.2, -0.15) is 17.9 Å². The van der Waals surface area contributed by atoms with E-state index in [1.54, 1.807) is 13.8 Å². The van der Waals surface area contributed by atoms with Crippen molar-refractivity contribution >= 4 is 83.9 Å². The van der Waals surface area contributed by atoms with Gasteiger partial charge in [0.05, 0.1) is 6.54 Å². The number of guanidine groups is 1. The van der Waals surface area contributed by atoms with Gasteiger partial charge in [0.1, 0.15) is 24.4 Å². The molecule has 0 aromatic carbocycles. The molecule has 0 saturated heterocycles. The van der Waals surface area contributed by atoms with Crippen LogP contribution < -0.4 is 38.1 Å². The number of rotatable bonds is 18. The van der Waals surface area contributed by atoms with Gasteiger partial charge in [-0.05, 0) is 26.7 Å². The Kier molecular flexibility index (Phi) is 21.1. The molecule has 45 heavy (non-hydrogen) atoms. The molecule has 5 amide bonds. The van der Waals surface area contributed by atoms with Gasteiger partial charge in [0.15, 0.2) is 12.0 Å². The molecule has 0 rings (SSSR count). The third kappa shape index (κ3) is 20.3. The second kappa shape index (κ2) is 22.2. The summed E-state index contributed by atoms with van der Waals surface area (Å²) in [6.45, 7) is 4.92. The molecule has 0 radical (unpaired) electrons. The molecule has 0 aromatic heterocycles. The first-order chi connectivity index (χ1) is 20.8. The maximum Gasteiger partial charge on any atom is 0.368 e. The summed E-state index contributed by atoms with van der Waals surface area (Å²) in [6.07, 6.45) is 0.107. The summed E-state index contributed by atoms with van der Waals surface area (Å²) in [5.74, 6) is -6.22. The van der Waals surface area contributed by atoms with Crippen molar-refractivity contribution in [3.63, 3.8) is 0 Å². The highest BCUT2D eigenvalue weighted by Crippen LogP contribution is 2.18. The van der Waals surface area contributed by atoms with E-state index in [1.165, 1.54) is 6.92 Å². The van der Waals surface area contributed by atoms with Crippen LogP contribution in [0.2, 0.25) is 0 Å². The van der Waals surface area contributed by atoms with E-state index in [2.05, 4.69) is 61.3 Å². The molecule has 0 saturated carbocycles. The Balaban J connectivity index is 0. The minimum Gasteiger partial charge on any atom is -0.481 e. The molecule has 19 nitrogen and oxygen atoms in total. The number of hydrogen-bond acceptors (Lipinski definition) is 13. The maximum absolute atomic E-state index is 13.0. The normalized spacial score (nSPS) is 12.9. The van der Waals surface area contributed by atoms with Crippen molar-refractivity contribution in [2.45, 2.75) is 75.9 Å². The lowest BCUT2D eigenvalue weighted by molar-refractivity contribution is -0.234. The van der Waals surface area contributed by atoms with Crippen LogP contribution in [0.25, 0.3) is 0 Å². The fourth-order valence-corrected chi connectivity index (χ4v) is 3.48. The van der Waals surface area contributed by atoms with Crippen LogP contribution in [0.4, 0.5) is 0 Å². The summed E-state index contributed by atoms with van der Waals surface area (Å²) in [7, 11) is 0. The van der Waals surface area contributed by atoms with Crippen molar-refractivity contribution in [2.24, 2.45) is 16.5 Å². The highest BCUT2D eigenvalue weighted by atomic mass is 32.1. The molecule has 0 spiro atoms. The number of carboxylic acid groups (broad SMARTS) is 1. The number of carboxylic acids is 1. The number of thiol groups is 1. The van der Waals surface area contributed by atoms with Crippen LogP contribution in [0.15, 0.2) is 4.99 Å². The van der Waals surface area contributed by atoms with Crippen LogP contribution >= 0.6 is 24.8 Å². The number of nitrogens with one attached hydrogen (secondary N) is 5. The predicted molar refractivity (Wildman–Crippen MR) is 166 cm³/mol. The fourth-order valence-electron chi connectivity index (χ4n) is 3.12. The third-order valence-electron chi connectivity index (χ3n) is 5.08. The molecule has 11 N–H and O–H groups in total. The van der Waals surface area contributed by atoms with E-state index in [9.17, 15) is 33.6 Å². The van der Waals surface area contributed by atoms with Gasteiger partial charge in [-0.25, -0.2) is 4.79 Å². The fraction of sp³-hybridized carbons (Fsp3) is 0.583. The number of hydrogen-bond donors (Lipinski definition) is 10. The number of carbonyl (C=O) groups is 8. The average Bonchev–Trinajstić information content (AvgIpc) is 2.92. The number of aldehydes is 1. The van der Waals surface area contributed by atoms with Crippen LogP contribution in [-0.2, 0) is 43.2 Å². The molecule has 0 fully saturated rings. The molecule has 21 heteroatoms. The van der Waals surface area contributed by atoms with E-state index in [0.29, 0.717) is 6.29 Å². The van der Waals surface area contributed by atoms with Crippen molar-refractivity contribution in [3.05, 3.63) is 0 Å². The Morgan fingerprint density at radius 3 is 2.00 bits per heavy atom. The zero-order valence-corrected chi connectivity index (χ0v) is 26.7. The lowest BCUT2D eigenvalue weighted by Crippen LogP contribution is -2.59. The monoisotopic (exact) mass is 680 g/mol. The standard InChI is InChI=1S/C22H36N8O9S2.C2H4O2/c1-11(32)27-16(22(2,3)41)19(36)29-12(5-4-7-25-21(23)24)17(34)26-9-15(33)28-13(6-8-31)18(35)30-14(10-40)20(37)39-38;1-2(3)4/h8,10,12-14,16,38,41H,4-7,9H2,1-3H3,(H,26,34)(H,27,32)(H,28,33)(H,29,36)(H,30,35)(H4,23,24,25);1H3,(H,3,4)/t12-,13-,14-,16+;/m0./s1. The van der Waals surface area contributed by atoms with E-state index in [-0.39, 0.29) is 25.3 Å². The number of aliphatic imine (C=N–C) groups is 1. The summed E-state index contributed by atoms with van der Waals surface area (Å²) >= 11 is 8.92. The van der Waals surface area contributed by atoms with Gasteiger partial charge in [-0.3, -0.25) is 38.6 Å². The molecule has 0 aliphatic carbocycles. The van der Waals surface area contributed by atoms with E-state index < -0.39 is 83.4 Å². The quantitative estimate of drug-likeness (QED) is 0.00983. The average molecular weight is 681 g/mol. The van der Waals surface area contributed by atoms with Crippen molar-refractivity contribution < 1.29 is 53.6 Å². The number of nitrogens with two attached hydrogens (primary N) is 2. The van der Waals surface area contributed by atoms with Gasteiger partial charge in [0.25, 0.3) is 5.97 Å². The summed E-state index contributed by atoms with van der Waals surface area (Å²) < 4.78 is -1.01. The van der Waals surface area contributed by atoms with E-state index in [4.69, 9.17) is 26.6 Å². The van der Waals surface area contributed by atoms with Gasteiger partial charge >= 0.3 is 5.97 Å². The molecule has 0 aromatic rings. The Labute approximate surface area is 269 Å². The zero-order valence-electron chi connectivity index (χ0n) is 25.0. The third-order valence-corrected chi connectivity index (χ3v) is 5.61.